The fourth-order valence-corrected chi connectivity index (χ4v) is 1.70. The number of rotatable bonds is 1. The van der Waals surface area contributed by atoms with Gasteiger partial charge in [-0.05, 0) is 25.7 Å². The molecule has 0 bridgehead atoms. The van der Waals surface area contributed by atoms with Gasteiger partial charge in [-0.15, -0.1) is 0 Å². The smallest absolute Gasteiger partial charge is 0.353 e. The van der Waals surface area contributed by atoms with E-state index < -0.39 is 5.97 Å². The Labute approximate surface area is 76.3 Å². The molecule has 0 aromatic rings. The van der Waals surface area contributed by atoms with E-state index in [0.717, 1.165) is 18.6 Å². The third-order valence-electron chi connectivity index (χ3n) is 2.67. The summed E-state index contributed by atoms with van der Waals surface area (Å²) in [5.41, 5.74) is 3.80. The quantitative estimate of drug-likeness (QED) is 0.631. The molecule has 0 unspecified atom stereocenters. The van der Waals surface area contributed by atoms with Gasteiger partial charge in [0.15, 0.2) is 0 Å². The minimum Gasteiger partial charge on any atom is -0.477 e. The second kappa shape index (κ2) is 2.87. The molecular formula is C9H12N2O2. The highest BCUT2D eigenvalue weighted by Crippen LogP contribution is 2.43. The molecule has 1 aliphatic heterocycles. The van der Waals surface area contributed by atoms with Crippen LogP contribution in [0.5, 0.6) is 0 Å². The molecule has 2 aliphatic rings. The lowest BCUT2D eigenvalue weighted by Crippen LogP contribution is -2.18. The molecule has 0 amide bonds. The van der Waals surface area contributed by atoms with Crippen LogP contribution in [0.2, 0.25) is 0 Å². The summed E-state index contributed by atoms with van der Waals surface area (Å²) in [6.07, 6.45) is 3.73. The normalized spacial score (nSPS) is 39.5. The first-order chi connectivity index (χ1) is 6.18. The van der Waals surface area contributed by atoms with E-state index in [0.29, 0.717) is 11.8 Å². The number of fused-ring (bicyclic) bond motifs is 1. The van der Waals surface area contributed by atoms with Gasteiger partial charge in [-0.3, -0.25) is 5.43 Å². The Bertz CT molecular complexity index is 307. The summed E-state index contributed by atoms with van der Waals surface area (Å²) in [4.78, 5) is 10.6. The third-order valence-corrected chi connectivity index (χ3v) is 2.67. The minimum atomic E-state index is -0.935. The van der Waals surface area contributed by atoms with Crippen molar-refractivity contribution in [1.29, 1.82) is 0 Å². The monoisotopic (exact) mass is 180 g/mol. The number of aliphatic carboxylic acids is 1. The predicted octanol–water partition coefficient (Wildman–Crippen LogP) is 0.960. The maximum absolute atomic E-state index is 10.6. The number of nitrogens with one attached hydrogen (secondary N) is 1. The fourth-order valence-electron chi connectivity index (χ4n) is 1.70. The molecule has 0 radical (unpaired) electrons. The molecule has 0 aromatic heterocycles. The van der Waals surface area contributed by atoms with Gasteiger partial charge in [0.2, 0.25) is 0 Å². The molecule has 4 nitrogen and oxygen atoms in total. The summed E-state index contributed by atoms with van der Waals surface area (Å²) in [7, 11) is 0. The second-order valence-corrected chi connectivity index (χ2v) is 3.63. The van der Waals surface area contributed by atoms with Crippen molar-refractivity contribution in [2.45, 2.75) is 19.8 Å². The number of allylic oxidation sites excluding steroid dienone is 1. The van der Waals surface area contributed by atoms with E-state index in [4.69, 9.17) is 5.11 Å². The maximum atomic E-state index is 10.6. The SMILES string of the molecule is C/C1=N\N/C(C(=O)O)=C/C[C@H]2C[C@@H]12. The van der Waals surface area contributed by atoms with Gasteiger partial charge in [-0.2, -0.15) is 5.10 Å². The molecule has 4 heteroatoms. The maximum Gasteiger partial charge on any atom is 0.353 e. The average Bonchev–Trinajstić information content (AvgIpc) is 2.79. The Morgan fingerprint density at radius 2 is 2.54 bits per heavy atom. The Balaban J connectivity index is 2.16. The molecule has 0 spiro atoms. The van der Waals surface area contributed by atoms with E-state index in [1.165, 1.54) is 0 Å². The van der Waals surface area contributed by atoms with E-state index in [-0.39, 0.29) is 5.70 Å². The van der Waals surface area contributed by atoms with Gasteiger partial charge in [0.1, 0.15) is 5.70 Å². The highest BCUT2D eigenvalue weighted by Gasteiger charge is 2.39. The number of carboxylic acids is 1. The zero-order valence-corrected chi connectivity index (χ0v) is 7.45. The van der Waals surface area contributed by atoms with Crippen molar-refractivity contribution in [2.75, 3.05) is 0 Å². The first kappa shape index (κ1) is 8.29. The Hall–Kier alpha value is -1.32. The van der Waals surface area contributed by atoms with Gasteiger partial charge in [0.25, 0.3) is 0 Å². The molecular weight excluding hydrogens is 168 g/mol. The average molecular weight is 180 g/mol. The van der Waals surface area contributed by atoms with Gasteiger partial charge < -0.3 is 5.11 Å². The lowest BCUT2D eigenvalue weighted by molar-refractivity contribution is -0.133. The number of hydrogen-bond acceptors (Lipinski definition) is 3. The van der Waals surface area contributed by atoms with Crippen LogP contribution in [-0.2, 0) is 4.79 Å². The third kappa shape index (κ3) is 1.56. The standard InChI is InChI=1S/C9H12N2O2/c1-5-7-4-6(7)2-3-8(9(12)13)11-10-5/h3,6-7,11H,2,4H2,1H3,(H,12,13)/b8-3+,10-5+/t6-,7-/m0/s1. The molecule has 1 fully saturated rings. The van der Waals surface area contributed by atoms with Crippen LogP contribution < -0.4 is 5.43 Å². The van der Waals surface area contributed by atoms with Crippen LogP contribution in [0.4, 0.5) is 0 Å². The summed E-state index contributed by atoms with van der Waals surface area (Å²) < 4.78 is 0. The number of carboxylic acid groups (broad SMARTS) is 1. The molecule has 1 saturated carbocycles. The molecule has 2 rings (SSSR count). The molecule has 0 aromatic carbocycles. The van der Waals surface area contributed by atoms with E-state index in [2.05, 4.69) is 10.5 Å². The first-order valence-corrected chi connectivity index (χ1v) is 4.42. The zero-order chi connectivity index (χ0) is 9.42. The van der Waals surface area contributed by atoms with Crippen molar-refractivity contribution in [1.82, 2.24) is 5.43 Å². The molecule has 2 atom stereocenters. The van der Waals surface area contributed by atoms with Crippen molar-refractivity contribution >= 4 is 11.7 Å². The van der Waals surface area contributed by atoms with Crippen molar-refractivity contribution < 1.29 is 9.90 Å². The van der Waals surface area contributed by atoms with E-state index in [1.54, 1.807) is 6.08 Å². The van der Waals surface area contributed by atoms with Crippen LogP contribution >= 0.6 is 0 Å². The topological polar surface area (TPSA) is 61.7 Å². The van der Waals surface area contributed by atoms with Crippen LogP contribution in [0.3, 0.4) is 0 Å². The van der Waals surface area contributed by atoms with Crippen LogP contribution in [0, 0.1) is 11.8 Å². The Kier molecular flexibility index (Phi) is 1.83. The minimum absolute atomic E-state index is 0.199. The van der Waals surface area contributed by atoms with Crippen LogP contribution in [0.15, 0.2) is 16.9 Å². The number of carbonyl (C=O) groups is 1. The molecule has 70 valence electrons. The zero-order valence-electron chi connectivity index (χ0n) is 7.45. The molecule has 1 aliphatic carbocycles. The summed E-state index contributed by atoms with van der Waals surface area (Å²) in [6.45, 7) is 1.95. The Morgan fingerprint density at radius 3 is 3.23 bits per heavy atom. The van der Waals surface area contributed by atoms with E-state index in [9.17, 15) is 4.79 Å². The second-order valence-electron chi connectivity index (χ2n) is 3.63. The molecule has 1 heterocycles. The summed E-state index contributed by atoms with van der Waals surface area (Å²) in [5.74, 6) is 0.273. The van der Waals surface area contributed by atoms with Crippen molar-refractivity contribution in [3.63, 3.8) is 0 Å². The largest absolute Gasteiger partial charge is 0.477 e. The first-order valence-electron chi connectivity index (χ1n) is 4.42. The number of hydrazone groups is 1. The number of nitrogens with zero attached hydrogens (tertiary/aromatic N) is 1. The lowest BCUT2D eigenvalue weighted by Gasteiger charge is -2.06. The van der Waals surface area contributed by atoms with Gasteiger partial charge in [0, 0.05) is 11.6 Å². The van der Waals surface area contributed by atoms with E-state index in [1.807, 2.05) is 6.92 Å². The summed E-state index contributed by atoms with van der Waals surface area (Å²) in [6, 6.07) is 0. The lowest BCUT2D eigenvalue weighted by atomic mass is 10.1. The molecule has 2 N–H and O–H groups in total. The van der Waals surface area contributed by atoms with Gasteiger partial charge >= 0.3 is 5.97 Å². The van der Waals surface area contributed by atoms with Gasteiger partial charge in [0.05, 0.1) is 0 Å². The summed E-state index contributed by atoms with van der Waals surface area (Å²) in [5, 5.41) is 12.8. The number of hydrogen-bond donors (Lipinski definition) is 2. The van der Waals surface area contributed by atoms with Crippen LogP contribution in [0.1, 0.15) is 19.8 Å². The van der Waals surface area contributed by atoms with Crippen molar-refractivity contribution in [2.24, 2.45) is 16.9 Å². The van der Waals surface area contributed by atoms with Crippen molar-refractivity contribution in [3.8, 4) is 0 Å². The van der Waals surface area contributed by atoms with Gasteiger partial charge in [-0.25, -0.2) is 4.79 Å². The Morgan fingerprint density at radius 1 is 1.77 bits per heavy atom. The molecule has 0 saturated heterocycles. The molecule has 13 heavy (non-hydrogen) atoms. The highest BCUT2D eigenvalue weighted by molar-refractivity contribution is 5.89. The van der Waals surface area contributed by atoms with Crippen molar-refractivity contribution in [3.05, 3.63) is 11.8 Å². The van der Waals surface area contributed by atoms with Crippen LogP contribution in [0.25, 0.3) is 0 Å². The summed E-state index contributed by atoms with van der Waals surface area (Å²) >= 11 is 0. The predicted molar refractivity (Wildman–Crippen MR) is 48.2 cm³/mol. The van der Waals surface area contributed by atoms with Crippen LogP contribution in [-0.4, -0.2) is 16.8 Å². The van der Waals surface area contributed by atoms with E-state index >= 15 is 0 Å². The highest BCUT2D eigenvalue weighted by atomic mass is 16.4. The van der Waals surface area contributed by atoms with Gasteiger partial charge in [-0.1, -0.05) is 6.08 Å². The fraction of sp³-hybridized carbons (Fsp3) is 0.556.